The normalized spacial score (nSPS) is 28.4. The van der Waals surface area contributed by atoms with E-state index in [9.17, 15) is 14.0 Å². The standard InChI is InChI=1S/C25H27FN2O2S/c26-19-5-7-20(8-6-19)27-24(30)21-3-1-2-4-22(21)31-15-23(29)28-25-12-16-9-17(13-25)11-18(10-16)14-25/h1-8,16-18H,9-15H2,(H,27,30)(H,28,29). The Kier molecular flexibility index (Phi) is 5.51. The molecule has 4 fully saturated rings. The molecule has 0 spiro atoms. The Labute approximate surface area is 186 Å². The van der Waals surface area contributed by atoms with Crippen LogP contribution < -0.4 is 10.6 Å². The molecule has 0 aromatic heterocycles. The third kappa shape index (κ3) is 4.49. The number of hydrogen-bond donors (Lipinski definition) is 2. The molecule has 162 valence electrons. The van der Waals surface area contributed by atoms with Gasteiger partial charge in [-0.25, -0.2) is 4.39 Å². The second-order valence-electron chi connectivity index (χ2n) is 9.49. The molecule has 0 radical (unpaired) electrons. The first-order valence-electron chi connectivity index (χ1n) is 11.1. The van der Waals surface area contributed by atoms with Gasteiger partial charge < -0.3 is 10.6 Å². The summed E-state index contributed by atoms with van der Waals surface area (Å²) in [6.07, 6.45) is 7.44. The first-order valence-corrected chi connectivity index (χ1v) is 12.1. The molecule has 2 aromatic rings. The summed E-state index contributed by atoms with van der Waals surface area (Å²) in [4.78, 5) is 26.3. The lowest BCUT2D eigenvalue weighted by Gasteiger charge is -2.56. The predicted molar refractivity (Wildman–Crippen MR) is 121 cm³/mol. The number of nitrogens with one attached hydrogen (secondary N) is 2. The second-order valence-corrected chi connectivity index (χ2v) is 10.5. The van der Waals surface area contributed by atoms with Gasteiger partial charge >= 0.3 is 0 Å². The van der Waals surface area contributed by atoms with E-state index in [1.54, 1.807) is 12.1 Å². The van der Waals surface area contributed by atoms with Crippen LogP contribution in [0.3, 0.4) is 0 Å². The van der Waals surface area contributed by atoms with Gasteiger partial charge in [-0.1, -0.05) is 12.1 Å². The third-order valence-corrected chi connectivity index (χ3v) is 8.11. The van der Waals surface area contributed by atoms with E-state index in [0.29, 0.717) is 17.0 Å². The number of carbonyl (C=O) groups excluding carboxylic acids is 2. The molecule has 4 aliphatic rings. The van der Waals surface area contributed by atoms with Crippen molar-refractivity contribution in [3.63, 3.8) is 0 Å². The van der Waals surface area contributed by atoms with E-state index in [1.807, 2.05) is 12.1 Å². The molecule has 6 rings (SSSR count). The van der Waals surface area contributed by atoms with E-state index < -0.39 is 0 Å². The minimum atomic E-state index is -0.348. The third-order valence-electron chi connectivity index (χ3n) is 7.04. The van der Waals surface area contributed by atoms with Gasteiger partial charge in [0, 0.05) is 16.1 Å². The maximum atomic E-state index is 13.1. The lowest BCUT2D eigenvalue weighted by Crippen LogP contribution is -2.60. The monoisotopic (exact) mass is 438 g/mol. The number of halogens is 1. The summed E-state index contributed by atoms with van der Waals surface area (Å²) in [5, 5.41) is 6.19. The Bertz CT molecular complexity index is 956. The molecule has 0 unspecified atom stereocenters. The highest BCUT2D eigenvalue weighted by Gasteiger charge is 2.51. The van der Waals surface area contributed by atoms with E-state index in [1.165, 1.54) is 55.3 Å². The van der Waals surface area contributed by atoms with Crippen molar-refractivity contribution in [2.45, 2.75) is 49.0 Å². The summed E-state index contributed by atoms with van der Waals surface area (Å²) in [6.45, 7) is 0. The van der Waals surface area contributed by atoms with Crippen molar-refractivity contribution in [2.75, 3.05) is 11.1 Å². The van der Waals surface area contributed by atoms with Gasteiger partial charge in [-0.15, -0.1) is 11.8 Å². The van der Waals surface area contributed by atoms with E-state index in [2.05, 4.69) is 10.6 Å². The summed E-state index contributed by atoms with van der Waals surface area (Å²) in [6, 6.07) is 13.0. The van der Waals surface area contributed by atoms with Crippen LogP contribution in [0.5, 0.6) is 0 Å². The second kappa shape index (κ2) is 8.30. The minimum Gasteiger partial charge on any atom is -0.350 e. The molecule has 4 nitrogen and oxygen atoms in total. The number of thioether (sulfide) groups is 1. The Hall–Kier alpha value is -2.34. The first kappa shape index (κ1) is 20.6. The Balaban J connectivity index is 1.21. The van der Waals surface area contributed by atoms with Crippen LogP contribution in [-0.2, 0) is 4.79 Å². The molecule has 6 heteroatoms. The molecule has 0 atom stereocenters. The summed E-state index contributed by atoms with van der Waals surface area (Å²) in [7, 11) is 0. The van der Waals surface area contributed by atoms with Crippen molar-refractivity contribution in [1.82, 2.24) is 5.32 Å². The van der Waals surface area contributed by atoms with Crippen molar-refractivity contribution in [3.8, 4) is 0 Å². The number of carbonyl (C=O) groups is 2. The summed E-state index contributed by atoms with van der Waals surface area (Å²) in [5.41, 5.74) is 1.05. The Morgan fingerprint density at radius 1 is 0.935 bits per heavy atom. The van der Waals surface area contributed by atoms with Gasteiger partial charge in [0.2, 0.25) is 5.91 Å². The fraction of sp³-hybridized carbons (Fsp3) is 0.440. The van der Waals surface area contributed by atoms with E-state index in [-0.39, 0.29) is 23.2 Å². The fourth-order valence-corrected chi connectivity index (χ4v) is 7.10. The number of amides is 2. The maximum Gasteiger partial charge on any atom is 0.256 e. The molecule has 0 heterocycles. The highest BCUT2D eigenvalue weighted by Crippen LogP contribution is 2.55. The first-order chi connectivity index (χ1) is 15.0. The van der Waals surface area contributed by atoms with Gasteiger partial charge in [-0.3, -0.25) is 9.59 Å². The van der Waals surface area contributed by atoms with Crippen LogP contribution in [0, 0.1) is 23.6 Å². The topological polar surface area (TPSA) is 58.2 Å². The Morgan fingerprint density at radius 3 is 2.19 bits per heavy atom. The average molecular weight is 439 g/mol. The SMILES string of the molecule is O=C(CSc1ccccc1C(=O)Nc1ccc(F)cc1)NC12CC3CC(CC(C3)C1)C2. The number of benzene rings is 2. The van der Waals surface area contributed by atoms with Crippen molar-refractivity contribution in [2.24, 2.45) is 17.8 Å². The van der Waals surface area contributed by atoms with E-state index in [0.717, 1.165) is 41.9 Å². The van der Waals surface area contributed by atoms with Crippen LogP contribution in [0.1, 0.15) is 48.9 Å². The zero-order valence-electron chi connectivity index (χ0n) is 17.4. The van der Waals surface area contributed by atoms with Crippen LogP contribution in [-0.4, -0.2) is 23.1 Å². The van der Waals surface area contributed by atoms with Crippen LogP contribution >= 0.6 is 11.8 Å². The minimum absolute atomic E-state index is 0.00582. The van der Waals surface area contributed by atoms with Crippen LogP contribution in [0.2, 0.25) is 0 Å². The van der Waals surface area contributed by atoms with Gasteiger partial charge in [0.25, 0.3) is 5.91 Å². The van der Waals surface area contributed by atoms with Crippen molar-refractivity contribution >= 4 is 29.3 Å². The number of rotatable bonds is 6. The summed E-state index contributed by atoms with van der Waals surface area (Å²) >= 11 is 1.39. The predicted octanol–water partition coefficient (Wildman–Crippen LogP) is 5.26. The van der Waals surface area contributed by atoms with E-state index >= 15 is 0 Å². The molecule has 2 N–H and O–H groups in total. The van der Waals surface area contributed by atoms with Crippen molar-refractivity contribution in [1.29, 1.82) is 0 Å². The number of hydrogen-bond acceptors (Lipinski definition) is 3. The zero-order valence-corrected chi connectivity index (χ0v) is 18.2. The van der Waals surface area contributed by atoms with Crippen molar-refractivity contribution in [3.05, 3.63) is 59.9 Å². The summed E-state index contributed by atoms with van der Waals surface area (Å²) < 4.78 is 13.1. The van der Waals surface area contributed by atoms with Gasteiger partial charge in [-0.05, 0) is 92.7 Å². The molecule has 4 aliphatic carbocycles. The van der Waals surface area contributed by atoms with E-state index in [4.69, 9.17) is 0 Å². The molecule has 0 aliphatic heterocycles. The zero-order chi connectivity index (χ0) is 21.4. The highest BCUT2D eigenvalue weighted by molar-refractivity contribution is 8.00. The molecule has 2 amide bonds. The van der Waals surface area contributed by atoms with Gasteiger partial charge in [0.1, 0.15) is 5.82 Å². The molecule has 4 bridgehead atoms. The molecule has 31 heavy (non-hydrogen) atoms. The lowest BCUT2D eigenvalue weighted by molar-refractivity contribution is -0.124. The average Bonchev–Trinajstić information content (AvgIpc) is 2.73. The number of anilines is 1. The van der Waals surface area contributed by atoms with Crippen LogP contribution in [0.4, 0.5) is 10.1 Å². The lowest BCUT2D eigenvalue weighted by atomic mass is 9.53. The molecular weight excluding hydrogens is 411 g/mol. The maximum absolute atomic E-state index is 13.1. The van der Waals surface area contributed by atoms with Gasteiger partial charge in [0.05, 0.1) is 11.3 Å². The molecule has 0 saturated heterocycles. The summed E-state index contributed by atoms with van der Waals surface area (Å²) in [5.74, 6) is 2.10. The molecule has 2 aromatic carbocycles. The van der Waals surface area contributed by atoms with Gasteiger partial charge in [-0.2, -0.15) is 0 Å². The largest absolute Gasteiger partial charge is 0.350 e. The van der Waals surface area contributed by atoms with Crippen molar-refractivity contribution < 1.29 is 14.0 Å². The highest BCUT2D eigenvalue weighted by atomic mass is 32.2. The van der Waals surface area contributed by atoms with Crippen LogP contribution in [0.15, 0.2) is 53.4 Å². The molecular formula is C25H27FN2O2S. The smallest absolute Gasteiger partial charge is 0.256 e. The van der Waals surface area contributed by atoms with Crippen LogP contribution in [0.25, 0.3) is 0 Å². The quantitative estimate of drug-likeness (QED) is 0.605. The van der Waals surface area contributed by atoms with Gasteiger partial charge in [0.15, 0.2) is 0 Å². The Morgan fingerprint density at radius 2 is 1.55 bits per heavy atom. The fourth-order valence-electron chi connectivity index (χ4n) is 6.25. The molecule has 4 saturated carbocycles.